The molecule has 0 saturated carbocycles. The van der Waals surface area contributed by atoms with Crippen molar-refractivity contribution < 1.29 is 9.47 Å². The molecule has 0 amide bonds. The molecule has 3 rings (SSSR count). The van der Waals surface area contributed by atoms with Crippen LogP contribution in [0.25, 0.3) is 21.9 Å². The minimum atomic E-state index is 0.561. The predicted molar refractivity (Wildman–Crippen MR) is 84.6 cm³/mol. The Balaban J connectivity index is 2.11. The maximum atomic E-state index is 5.89. The number of benzene rings is 2. The Morgan fingerprint density at radius 1 is 1.00 bits per heavy atom. The number of hydrogen-bond donors (Lipinski definition) is 0. The summed E-state index contributed by atoms with van der Waals surface area (Å²) in [4.78, 5) is 0. The molecule has 0 aliphatic carbocycles. The van der Waals surface area contributed by atoms with Crippen LogP contribution in [-0.2, 0) is 4.74 Å². The Hall–Kier alpha value is -1.84. The molecule has 2 nitrogen and oxygen atoms in total. The van der Waals surface area contributed by atoms with Gasteiger partial charge in [0.05, 0.1) is 6.61 Å². The van der Waals surface area contributed by atoms with Crippen LogP contribution >= 0.6 is 11.3 Å². The monoisotopic (exact) mass is 284 g/mol. The Bertz CT molecular complexity index is 689. The maximum absolute atomic E-state index is 5.89. The van der Waals surface area contributed by atoms with Gasteiger partial charge in [0.1, 0.15) is 12.4 Å². The van der Waals surface area contributed by atoms with Gasteiger partial charge in [0.2, 0.25) is 0 Å². The average molecular weight is 284 g/mol. The molecular weight excluding hydrogens is 268 g/mol. The van der Waals surface area contributed by atoms with Crippen LogP contribution in [0.4, 0.5) is 0 Å². The summed E-state index contributed by atoms with van der Waals surface area (Å²) in [6, 6.07) is 14.7. The zero-order chi connectivity index (χ0) is 13.8. The van der Waals surface area contributed by atoms with E-state index in [0.29, 0.717) is 13.2 Å². The van der Waals surface area contributed by atoms with Crippen molar-refractivity contribution in [3.05, 3.63) is 53.2 Å². The lowest BCUT2D eigenvalue weighted by molar-refractivity contribution is 0.146. The molecule has 0 radical (unpaired) electrons. The number of fused-ring (bicyclic) bond motifs is 1. The van der Waals surface area contributed by atoms with Gasteiger partial charge in [-0.3, -0.25) is 0 Å². The first-order valence-corrected chi connectivity index (χ1v) is 7.50. The Kier molecular flexibility index (Phi) is 4.00. The molecule has 102 valence electrons. The third-order valence-corrected chi connectivity index (χ3v) is 3.93. The van der Waals surface area contributed by atoms with Crippen molar-refractivity contribution in [1.82, 2.24) is 0 Å². The number of thiophene rings is 1. The first-order chi connectivity index (χ1) is 9.90. The highest BCUT2D eigenvalue weighted by molar-refractivity contribution is 7.08. The minimum absolute atomic E-state index is 0.561. The Labute approximate surface area is 122 Å². The van der Waals surface area contributed by atoms with Crippen LogP contribution in [0.15, 0.2) is 53.2 Å². The minimum Gasteiger partial charge on any atom is -0.491 e. The van der Waals surface area contributed by atoms with E-state index in [9.17, 15) is 0 Å². The van der Waals surface area contributed by atoms with Crippen molar-refractivity contribution in [1.29, 1.82) is 0 Å². The topological polar surface area (TPSA) is 18.5 Å². The highest BCUT2D eigenvalue weighted by atomic mass is 32.1. The van der Waals surface area contributed by atoms with Gasteiger partial charge in [-0.1, -0.05) is 30.3 Å². The van der Waals surface area contributed by atoms with Gasteiger partial charge in [0, 0.05) is 12.7 Å². The third-order valence-electron chi connectivity index (χ3n) is 3.25. The molecule has 20 heavy (non-hydrogen) atoms. The van der Waals surface area contributed by atoms with Crippen LogP contribution in [-0.4, -0.2) is 20.3 Å². The summed E-state index contributed by atoms with van der Waals surface area (Å²) in [6.45, 7) is 1.15. The van der Waals surface area contributed by atoms with E-state index in [1.807, 2.05) is 6.07 Å². The molecule has 0 saturated heterocycles. The number of hydrogen-bond acceptors (Lipinski definition) is 3. The lowest BCUT2D eigenvalue weighted by atomic mass is 9.99. The molecule has 3 heteroatoms. The van der Waals surface area contributed by atoms with E-state index >= 15 is 0 Å². The lowest BCUT2D eigenvalue weighted by Crippen LogP contribution is -2.05. The SMILES string of the molecule is COCCOc1ccc2ccccc2c1-c1ccsc1. The first-order valence-electron chi connectivity index (χ1n) is 6.56. The van der Waals surface area contributed by atoms with E-state index in [0.717, 1.165) is 5.75 Å². The second kappa shape index (κ2) is 6.07. The van der Waals surface area contributed by atoms with Crippen LogP contribution in [0, 0.1) is 0 Å². The van der Waals surface area contributed by atoms with Crippen LogP contribution < -0.4 is 4.74 Å². The third kappa shape index (κ3) is 2.55. The summed E-state index contributed by atoms with van der Waals surface area (Å²) in [5, 5.41) is 6.70. The van der Waals surface area contributed by atoms with Gasteiger partial charge in [-0.05, 0) is 39.2 Å². The standard InChI is InChI=1S/C17H16O2S/c1-18-9-10-19-16-7-6-13-4-2-3-5-15(13)17(16)14-8-11-20-12-14/h2-8,11-12H,9-10H2,1H3. The zero-order valence-corrected chi connectivity index (χ0v) is 12.2. The molecule has 0 aliphatic rings. The summed E-state index contributed by atoms with van der Waals surface area (Å²) in [5.41, 5.74) is 2.37. The summed E-state index contributed by atoms with van der Waals surface area (Å²) < 4.78 is 10.9. The zero-order valence-electron chi connectivity index (χ0n) is 11.3. The van der Waals surface area contributed by atoms with E-state index < -0.39 is 0 Å². The number of rotatable bonds is 5. The highest BCUT2D eigenvalue weighted by Crippen LogP contribution is 2.38. The summed E-state index contributed by atoms with van der Waals surface area (Å²) in [5.74, 6) is 0.916. The first kappa shape index (κ1) is 13.2. The normalized spacial score (nSPS) is 10.8. The Morgan fingerprint density at radius 2 is 1.90 bits per heavy atom. The molecule has 0 bridgehead atoms. The molecule has 1 aromatic heterocycles. The van der Waals surface area contributed by atoms with Crippen LogP contribution in [0.3, 0.4) is 0 Å². The average Bonchev–Trinajstić information content (AvgIpc) is 3.01. The highest BCUT2D eigenvalue weighted by Gasteiger charge is 2.11. The van der Waals surface area contributed by atoms with E-state index in [-0.39, 0.29) is 0 Å². The smallest absolute Gasteiger partial charge is 0.127 e. The van der Waals surface area contributed by atoms with Gasteiger partial charge >= 0.3 is 0 Å². The van der Waals surface area contributed by atoms with Crippen molar-refractivity contribution in [3.63, 3.8) is 0 Å². The summed E-state index contributed by atoms with van der Waals surface area (Å²) in [6.07, 6.45) is 0. The molecule has 3 aromatic rings. The van der Waals surface area contributed by atoms with E-state index in [2.05, 4.69) is 47.2 Å². The molecule has 0 N–H and O–H groups in total. The number of methoxy groups -OCH3 is 1. The summed E-state index contributed by atoms with van der Waals surface area (Å²) in [7, 11) is 1.68. The van der Waals surface area contributed by atoms with Crippen LogP contribution in [0.1, 0.15) is 0 Å². The molecular formula is C17H16O2S. The fourth-order valence-electron chi connectivity index (χ4n) is 2.31. The molecule has 1 heterocycles. The largest absolute Gasteiger partial charge is 0.491 e. The van der Waals surface area contributed by atoms with Crippen molar-refractivity contribution in [2.75, 3.05) is 20.3 Å². The molecule has 0 unspecified atom stereocenters. The molecule has 0 atom stereocenters. The second-order valence-electron chi connectivity index (χ2n) is 4.51. The molecule has 2 aromatic carbocycles. The van der Waals surface area contributed by atoms with Gasteiger partial charge in [0.25, 0.3) is 0 Å². The fraction of sp³-hybridized carbons (Fsp3) is 0.176. The Morgan fingerprint density at radius 3 is 2.70 bits per heavy atom. The van der Waals surface area contributed by atoms with Gasteiger partial charge < -0.3 is 9.47 Å². The van der Waals surface area contributed by atoms with Gasteiger partial charge in [-0.25, -0.2) is 0 Å². The van der Waals surface area contributed by atoms with Crippen LogP contribution in [0.5, 0.6) is 5.75 Å². The second-order valence-corrected chi connectivity index (χ2v) is 5.29. The van der Waals surface area contributed by atoms with Gasteiger partial charge in [-0.2, -0.15) is 11.3 Å². The predicted octanol–water partition coefficient (Wildman–Crippen LogP) is 4.59. The van der Waals surface area contributed by atoms with E-state index in [1.54, 1.807) is 18.4 Å². The summed E-state index contributed by atoms with van der Waals surface area (Å²) >= 11 is 1.70. The lowest BCUT2D eigenvalue weighted by Gasteiger charge is -2.13. The van der Waals surface area contributed by atoms with Crippen LogP contribution in [0.2, 0.25) is 0 Å². The molecule has 0 spiro atoms. The van der Waals surface area contributed by atoms with Gasteiger partial charge in [0.15, 0.2) is 0 Å². The van der Waals surface area contributed by atoms with Crippen molar-refractivity contribution in [2.24, 2.45) is 0 Å². The number of ether oxygens (including phenoxy) is 2. The van der Waals surface area contributed by atoms with Crippen molar-refractivity contribution >= 4 is 22.1 Å². The van der Waals surface area contributed by atoms with E-state index in [1.165, 1.54) is 21.9 Å². The quantitative estimate of drug-likeness (QED) is 0.638. The van der Waals surface area contributed by atoms with Gasteiger partial charge in [-0.15, -0.1) is 0 Å². The molecule has 0 fully saturated rings. The van der Waals surface area contributed by atoms with E-state index in [4.69, 9.17) is 9.47 Å². The fourth-order valence-corrected chi connectivity index (χ4v) is 2.96. The maximum Gasteiger partial charge on any atom is 0.127 e. The van der Waals surface area contributed by atoms with Crippen molar-refractivity contribution in [2.45, 2.75) is 0 Å². The molecule has 0 aliphatic heterocycles. The van der Waals surface area contributed by atoms with Crippen molar-refractivity contribution in [3.8, 4) is 16.9 Å².